The lowest BCUT2D eigenvalue weighted by atomic mass is 10.1. The van der Waals surface area contributed by atoms with Crippen molar-refractivity contribution in [3.05, 3.63) is 40.7 Å². The zero-order valence-corrected chi connectivity index (χ0v) is 12.3. The summed E-state index contributed by atoms with van der Waals surface area (Å²) < 4.78 is 18.0. The molecule has 1 aromatic carbocycles. The van der Waals surface area contributed by atoms with Gasteiger partial charge < -0.3 is 4.74 Å². The summed E-state index contributed by atoms with van der Waals surface area (Å²) in [6, 6.07) is 4.66. The van der Waals surface area contributed by atoms with E-state index < -0.39 is 0 Å². The van der Waals surface area contributed by atoms with Crippen molar-refractivity contribution in [3.8, 4) is 10.6 Å². The quantitative estimate of drug-likeness (QED) is 0.788. The van der Waals surface area contributed by atoms with Gasteiger partial charge in [0.15, 0.2) is 0 Å². The van der Waals surface area contributed by atoms with Gasteiger partial charge in [-0.15, -0.1) is 11.3 Å². The monoisotopic (exact) mass is 293 g/mol. The Balaban J connectivity index is 2.07. The molecule has 0 saturated heterocycles. The second-order valence-electron chi connectivity index (χ2n) is 4.41. The summed E-state index contributed by atoms with van der Waals surface area (Å²) in [4.78, 5) is 15.8. The normalized spacial score (nSPS) is 10.6. The van der Waals surface area contributed by atoms with Crippen LogP contribution in [0.3, 0.4) is 0 Å². The lowest BCUT2D eigenvalue weighted by Gasteiger charge is -2.02. The van der Waals surface area contributed by atoms with Crippen molar-refractivity contribution < 1.29 is 13.9 Å². The van der Waals surface area contributed by atoms with Gasteiger partial charge in [-0.1, -0.05) is 0 Å². The van der Waals surface area contributed by atoms with Crippen molar-refractivity contribution in [2.45, 2.75) is 26.7 Å². The molecule has 0 atom stereocenters. The number of ether oxygens (including phenoxy) is 1. The Kier molecular flexibility index (Phi) is 4.84. The molecule has 2 aromatic rings. The molecular weight excluding hydrogens is 277 g/mol. The molecular formula is C15H16FNO2S. The van der Waals surface area contributed by atoms with Gasteiger partial charge in [0, 0.05) is 17.4 Å². The van der Waals surface area contributed by atoms with Crippen molar-refractivity contribution in [1.82, 2.24) is 4.98 Å². The minimum atomic E-state index is -0.245. The van der Waals surface area contributed by atoms with Gasteiger partial charge in [0.2, 0.25) is 0 Å². The molecule has 0 bridgehead atoms. The molecule has 0 saturated carbocycles. The predicted octanol–water partition coefficient (Wildman–Crippen LogP) is 3.75. The molecule has 20 heavy (non-hydrogen) atoms. The molecule has 0 aliphatic heterocycles. The molecule has 0 spiro atoms. The standard InChI is InChI=1S/C15H16FNO2S/c1-3-19-14(18)7-5-12-9-20-15(17-12)13-6-4-11(16)8-10(13)2/h4,6,8-9H,3,5,7H2,1-2H3. The summed E-state index contributed by atoms with van der Waals surface area (Å²) in [5.74, 6) is -0.453. The summed E-state index contributed by atoms with van der Waals surface area (Å²) in [5.41, 5.74) is 2.65. The third-order valence-corrected chi connectivity index (χ3v) is 3.79. The second-order valence-corrected chi connectivity index (χ2v) is 5.27. The maximum absolute atomic E-state index is 13.1. The van der Waals surface area contributed by atoms with Crippen LogP contribution in [-0.2, 0) is 16.0 Å². The first-order valence-corrected chi connectivity index (χ1v) is 7.34. The topological polar surface area (TPSA) is 39.2 Å². The number of hydrogen-bond acceptors (Lipinski definition) is 4. The van der Waals surface area contributed by atoms with Crippen LogP contribution < -0.4 is 0 Å². The molecule has 0 N–H and O–H groups in total. The van der Waals surface area contributed by atoms with E-state index in [-0.39, 0.29) is 11.8 Å². The van der Waals surface area contributed by atoms with Crippen molar-refractivity contribution in [3.63, 3.8) is 0 Å². The number of hydrogen-bond donors (Lipinski definition) is 0. The van der Waals surface area contributed by atoms with Crippen LogP contribution in [0, 0.1) is 12.7 Å². The van der Waals surface area contributed by atoms with Crippen molar-refractivity contribution >= 4 is 17.3 Å². The molecule has 1 heterocycles. The van der Waals surface area contributed by atoms with Gasteiger partial charge in [-0.25, -0.2) is 9.37 Å². The molecule has 0 fully saturated rings. The lowest BCUT2D eigenvalue weighted by Crippen LogP contribution is -2.05. The number of aryl methyl sites for hydroxylation is 2. The van der Waals surface area contributed by atoms with E-state index in [4.69, 9.17) is 4.74 Å². The first-order chi connectivity index (χ1) is 9.60. The van der Waals surface area contributed by atoms with Crippen molar-refractivity contribution in [1.29, 1.82) is 0 Å². The highest BCUT2D eigenvalue weighted by molar-refractivity contribution is 7.13. The third-order valence-electron chi connectivity index (χ3n) is 2.86. The van der Waals surface area contributed by atoms with E-state index in [1.165, 1.54) is 23.5 Å². The largest absolute Gasteiger partial charge is 0.466 e. The van der Waals surface area contributed by atoms with E-state index in [0.29, 0.717) is 19.4 Å². The first kappa shape index (κ1) is 14.7. The van der Waals surface area contributed by atoms with Gasteiger partial charge in [0.25, 0.3) is 0 Å². The van der Waals surface area contributed by atoms with E-state index in [9.17, 15) is 9.18 Å². The summed E-state index contributed by atoms with van der Waals surface area (Å²) >= 11 is 1.50. The maximum Gasteiger partial charge on any atom is 0.306 e. The van der Waals surface area contributed by atoms with Gasteiger partial charge in [-0.3, -0.25) is 4.79 Å². The number of aromatic nitrogens is 1. The molecule has 3 nitrogen and oxygen atoms in total. The first-order valence-electron chi connectivity index (χ1n) is 6.46. The van der Waals surface area contributed by atoms with E-state index in [0.717, 1.165) is 21.8 Å². The average Bonchev–Trinajstić information content (AvgIpc) is 2.85. The highest BCUT2D eigenvalue weighted by Gasteiger charge is 2.10. The van der Waals surface area contributed by atoms with Crippen LogP contribution in [-0.4, -0.2) is 17.6 Å². The van der Waals surface area contributed by atoms with Crippen LogP contribution in [0.25, 0.3) is 10.6 Å². The van der Waals surface area contributed by atoms with Gasteiger partial charge >= 0.3 is 5.97 Å². The highest BCUT2D eigenvalue weighted by atomic mass is 32.1. The van der Waals surface area contributed by atoms with Gasteiger partial charge in [0.1, 0.15) is 10.8 Å². The van der Waals surface area contributed by atoms with E-state index >= 15 is 0 Å². The Morgan fingerprint density at radius 3 is 2.95 bits per heavy atom. The van der Waals surface area contributed by atoms with E-state index in [1.54, 1.807) is 13.0 Å². The number of thiazole rings is 1. The van der Waals surface area contributed by atoms with E-state index in [2.05, 4.69) is 4.98 Å². The second kappa shape index (κ2) is 6.61. The Labute approximate surface area is 121 Å². The van der Waals surface area contributed by atoms with Crippen LogP contribution in [0.5, 0.6) is 0 Å². The maximum atomic E-state index is 13.1. The number of nitrogens with zero attached hydrogens (tertiary/aromatic N) is 1. The summed E-state index contributed by atoms with van der Waals surface area (Å²) in [5, 5.41) is 2.78. The molecule has 1 aromatic heterocycles. The zero-order chi connectivity index (χ0) is 14.5. The SMILES string of the molecule is CCOC(=O)CCc1csc(-c2ccc(F)cc2C)n1. The average molecular weight is 293 g/mol. The molecule has 0 aliphatic carbocycles. The molecule has 2 rings (SSSR count). The third kappa shape index (κ3) is 3.63. The van der Waals surface area contributed by atoms with Gasteiger partial charge in [0.05, 0.1) is 18.7 Å². The number of rotatable bonds is 5. The van der Waals surface area contributed by atoms with Crippen LogP contribution >= 0.6 is 11.3 Å². The molecule has 0 aliphatic rings. The fraction of sp³-hybridized carbons (Fsp3) is 0.333. The van der Waals surface area contributed by atoms with Crippen LogP contribution in [0.15, 0.2) is 23.6 Å². The molecule has 106 valence electrons. The lowest BCUT2D eigenvalue weighted by molar-refractivity contribution is -0.143. The van der Waals surface area contributed by atoms with Gasteiger partial charge in [-0.2, -0.15) is 0 Å². The fourth-order valence-corrected chi connectivity index (χ4v) is 2.82. The van der Waals surface area contributed by atoms with Crippen molar-refractivity contribution in [2.24, 2.45) is 0 Å². The van der Waals surface area contributed by atoms with Crippen LogP contribution in [0.2, 0.25) is 0 Å². The van der Waals surface area contributed by atoms with Crippen LogP contribution in [0.4, 0.5) is 4.39 Å². The summed E-state index contributed by atoms with van der Waals surface area (Å²) in [6.07, 6.45) is 0.898. The number of halogens is 1. The number of esters is 1. The summed E-state index contributed by atoms with van der Waals surface area (Å²) in [6.45, 7) is 4.05. The Bertz CT molecular complexity index is 610. The highest BCUT2D eigenvalue weighted by Crippen LogP contribution is 2.27. The predicted molar refractivity (Wildman–Crippen MR) is 77.2 cm³/mol. The molecule has 0 radical (unpaired) electrons. The fourth-order valence-electron chi connectivity index (χ4n) is 1.88. The Hall–Kier alpha value is -1.75. The smallest absolute Gasteiger partial charge is 0.306 e. The van der Waals surface area contributed by atoms with Gasteiger partial charge in [-0.05, 0) is 37.6 Å². The Morgan fingerprint density at radius 2 is 2.25 bits per heavy atom. The minimum Gasteiger partial charge on any atom is -0.466 e. The Morgan fingerprint density at radius 1 is 1.45 bits per heavy atom. The van der Waals surface area contributed by atoms with Crippen molar-refractivity contribution in [2.75, 3.05) is 6.61 Å². The number of carbonyl (C=O) groups is 1. The molecule has 5 heteroatoms. The zero-order valence-electron chi connectivity index (χ0n) is 11.5. The van der Waals surface area contributed by atoms with E-state index in [1.807, 2.05) is 12.3 Å². The molecule has 0 unspecified atom stereocenters. The summed E-state index contributed by atoms with van der Waals surface area (Å²) in [7, 11) is 0. The minimum absolute atomic E-state index is 0.208. The molecule has 0 amide bonds. The van der Waals surface area contributed by atoms with Crippen LogP contribution in [0.1, 0.15) is 24.6 Å². The number of benzene rings is 1. The number of carbonyl (C=O) groups excluding carboxylic acids is 1.